The van der Waals surface area contributed by atoms with Gasteiger partial charge in [0.25, 0.3) is 0 Å². The molecule has 0 bridgehead atoms. The van der Waals surface area contributed by atoms with Crippen LogP contribution in [0.15, 0.2) is 0 Å². The van der Waals surface area contributed by atoms with E-state index in [2.05, 4.69) is 16.9 Å². The van der Waals surface area contributed by atoms with E-state index >= 15 is 0 Å². The van der Waals surface area contributed by atoms with Crippen LogP contribution in [0.25, 0.3) is 0 Å². The van der Waals surface area contributed by atoms with Crippen molar-refractivity contribution in [3.63, 3.8) is 0 Å². The van der Waals surface area contributed by atoms with E-state index in [1.54, 1.807) is 0 Å². The molecule has 0 saturated carbocycles. The minimum absolute atomic E-state index is 0.0483. The van der Waals surface area contributed by atoms with Gasteiger partial charge < -0.3 is 20.1 Å². The van der Waals surface area contributed by atoms with Gasteiger partial charge in [0.05, 0.1) is 12.7 Å². The number of hydrogen-bond donors (Lipinski definition) is 2. The molecule has 2 fully saturated rings. The molecule has 2 N–H and O–H groups in total. The summed E-state index contributed by atoms with van der Waals surface area (Å²) in [7, 11) is 0. The Kier molecular flexibility index (Phi) is 5.50. The number of hydrogen-bond acceptors (Lipinski definition) is 5. The highest BCUT2D eigenvalue weighted by Crippen LogP contribution is 2.33. The van der Waals surface area contributed by atoms with Gasteiger partial charge in [0, 0.05) is 31.1 Å². The zero-order valence-electron chi connectivity index (χ0n) is 11.7. The lowest BCUT2D eigenvalue weighted by Crippen LogP contribution is -2.57. The van der Waals surface area contributed by atoms with Crippen molar-refractivity contribution in [2.24, 2.45) is 0 Å². The molecule has 0 unspecified atom stereocenters. The van der Waals surface area contributed by atoms with Crippen LogP contribution in [0, 0.1) is 0 Å². The molecule has 0 aromatic carbocycles. The lowest BCUT2D eigenvalue weighted by atomic mass is 9.98. The molecule has 5 nitrogen and oxygen atoms in total. The Bertz CT molecular complexity index is 308. The second-order valence-electron chi connectivity index (χ2n) is 5.23. The molecule has 1 amide bonds. The largest absolute Gasteiger partial charge is 0.381 e. The van der Waals surface area contributed by atoms with E-state index < -0.39 is 0 Å². The summed E-state index contributed by atoms with van der Waals surface area (Å²) in [6, 6.07) is -0.229. The van der Waals surface area contributed by atoms with Gasteiger partial charge in [-0.15, -0.1) is 0 Å². The number of ether oxygens (including phenoxy) is 2. The quantitative estimate of drug-likeness (QED) is 0.784. The summed E-state index contributed by atoms with van der Waals surface area (Å²) in [5.41, 5.74) is 0. The highest BCUT2D eigenvalue weighted by Gasteiger charge is 2.34. The van der Waals surface area contributed by atoms with Crippen LogP contribution in [-0.4, -0.2) is 62.0 Å². The van der Waals surface area contributed by atoms with Crippen LogP contribution in [-0.2, 0) is 14.3 Å². The van der Waals surface area contributed by atoms with Crippen molar-refractivity contribution < 1.29 is 14.3 Å². The summed E-state index contributed by atoms with van der Waals surface area (Å²) in [5, 5.41) is 6.30. The topological polar surface area (TPSA) is 59.6 Å². The van der Waals surface area contributed by atoms with Crippen LogP contribution in [0.1, 0.15) is 19.8 Å². The minimum Gasteiger partial charge on any atom is -0.381 e. The third kappa shape index (κ3) is 3.84. The molecule has 2 heterocycles. The van der Waals surface area contributed by atoms with Crippen molar-refractivity contribution in [1.29, 1.82) is 0 Å². The maximum Gasteiger partial charge on any atom is 0.239 e. The van der Waals surface area contributed by atoms with Crippen LogP contribution >= 0.6 is 11.8 Å². The lowest BCUT2D eigenvalue weighted by Gasteiger charge is -2.37. The molecule has 6 heteroatoms. The van der Waals surface area contributed by atoms with Crippen molar-refractivity contribution in [2.75, 3.05) is 39.2 Å². The Morgan fingerprint density at radius 2 is 2.16 bits per heavy atom. The van der Waals surface area contributed by atoms with E-state index in [1.807, 2.05) is 18.7 Å². The van der Waals surface area contributed by atoms with Gasteiger partial charge in [0.15, 0.2) is 0 Å². The molecule has 110 valence electrons. The summed E-state index contributed by atoms with van der Waals surface area (Å²) in [6.45, 7) is 5.65. The van der Waals surface area contributed by atoms with Crippen LogP contribution in [0.3, 0.4) is 0 Å². The smallest absolute Gasteiger partial charge is 0.239 e. The summed E-state index contributed by atoms with van der Waals surface area (Å²) in [5.74, 6) is 0.0483. The van der Waals surface area contributed by atoms with Crippen molar-refractivity contribution in [1.82, 2.24) is 10.6 Å². The van der Waals surface area contributed by atoms with Gasteiger partial charge in [-0.2, -0.15) is 11.8 Å². The first-order valence-corrected chi connectivity index (χ1v) is 8.15. The van der Waals surface area contributed by atoms with Crippen LogP contribution in [0.5, 0.6) is 0 Å². The SMILES string of the molecule is CSC1(CNC(=O)[C@H]2NCCO[C@@H]2C)CCOCC1. The van der Waals surface area contributed by atoms with E-state index in [1.165, 1.54) is 0 Å². The Balaban J connectivity index is 1.84. The number of carbonyl (C=O) groups is 1. The lowest BCUT2D eigenvalue weighted by molar-refractivity contribution is -0.129. The molecule has 2 aliphatic heterocycles. The van der Waals surface area contributed by atoms with Crippen LogP contribution in [0.4, 0.5) is 0 Å². The fourth-order valence-corrected chi connectivity index (χ4v) is 3.37. The van der Waals surface area contributed by atoms with Crippen LogP contribution in [0.2, 0.25) is 0 Å². The zero-order valence-corrected chi connectivity index (χ0v) is 12.6. The number of amides is 1. The molecular formula is C13H24N2O3S. The monoisotopic (exact) mass is 288 g/mol. The normalized spacial score (nSPS) is 30.8. The number of rotatable bonds is 4. The molecule has 19 heavy (non-hydrogen) atoms. The van der Waals surface area contributed by atoms with Gasteiger partial charge in [-0.05, 0) is 26.0 Å². The first kappa shape index (κ1) is 15.1. The summed E-state index contributed by atoms with van der Waals surface area (Å²) in [4.78, 5) is 12.2. The fourth-order valence-electron chi connectivity index (χ4n) is 2.58. The Morgan fingerprint density at radius 1 is 1.42 bits per heavy atom. The first-order valence-electron chi connectivity index (χ1n) is 6.92. The first-order chi connectivity index (χ1) is 9.17. The molecule has 2 aliphatic rings. The molecule has 0 aromatic heterocycles. The van der Waals surface area contributed by atoms with Gasteiger partial charge in [-0.25, -0.2) is 0 Å². The van der Waals surface area contributed by atoms with Crippen molar-refractivity contribution in [3.8, 4) is 0 Å². The van der Waals surface area contributed by atoms with Crippen molar-refractivity contribution in [3.05, 3.63) is 0 Å². The van der Waals surface area contributed by atoms with Crippen LogP contribution < -0.4 is 10.6 Å². The average molecular weight is 288 g/mol. The van der Waals surface area contributed by atoms with E-state index in [4.69, 9.17) is 9.47 Å². The van der Waals surface area contributed by atoms with Crippen molar-refractivity contribution in [2.45, 2.75) is 36.7 Å². The summed E-state index contributed by atoms with van der Waals surface area (Å²) in [6.07, 6.45) is 4.05. The van der Waals surface area contributed by atoms with Crippen molar-refractivity contribution >= 4 is 17.7 Å². The minimum atomic E-state index is -0.229. The van der Waals surface area contributed by atoms with Gasteiger partial charge in [-0.3, -0.25) is 4.79 Å². The second kappa shape index (κ2) is 6.92. The summed E-state index contributed by atoms with van der Waals surface area (Å²) < 4.78 is 11.0. The number of morpholine rings is 1. The number of nitrogens with one attached hydrogen (secondary N) is 2. The molecule has 0 aliphatic carbocycles. The standard InChI is InChI=1S/C13H24N2O3S/c1-10-11(14-5-8-18-10)12(16)15-9-13(19-2)3-6-17-7-4-13/h10-11,14H,3-9H2,1-2H3,(H,15,16)/t10-,11+/m1/s1. The second-order valence-corrected chi connectivity index (χ2v) is 6.50. The molecule has 0 radical (unpaired) electrons. The summed E-state index contributed by atoms with van der Waals surface area (Å²) >= 11 is 1.84. The maximum absolute atomic E-state index is 12.2. The highest BCUT2D eigenvalue weighted by molar-refractivity contribution is 8.00. The number of carbonyl (C=O) groups excluding carboxylic acids is 1. The molecule has 0 spiro atoms. The maximum atomic E-state index is 12.2. The zero-order chi connectivity index (χ0) is 13.7. The van der Waals surface area contributed by atoms with Gasteiger partial charge in [0.2, 0.25) is 5.91 Å². The van der Waals surface area contributed by atoms with E-state index in [0.717, 1.165) is 32.6 Å². The molecule has 2 saturated heterocycles. The third-order valence-electron chi connectivity index (χ3n) is 4.02. The van der Waals surface area contributed by atoms with Gasteiger partial charge in [0.1, 0.15) is 6.04 Å². The molecule has 2 rings (SSSR count). The third-order valence-corrected chi connectivity index (χ3v) is 5.44. The number of thioether (sulfide) groups is 1. The van der Waals surface area contributed by atoms with E-state index in [0.29, 0.717) is 13.2 Å². The predicted molar refractivity (Wildman–Crippen MR) is 76.5 cm³/mol. The van der Waals surface area contributed by atoms with Gasteiger partial charge >= 0.3 is 0 Å². The average Bonchev–Trinajstić information content (AvgIpc) is 2.46. The Labute approximate surface area is 119 Å². The van der Waals surface area contributed by atoms with E-state index in [9.17, 15) is 4.79 Å². The van der Waals surface area contributed by atoms with E-state index in [-0.39, 0.29) is 22.8 Å². The highest BCUT2D eigenvalue weighted by atomic mass is 32.2. The Morgan fingerprint density at radius 3 is 2.79 bits per heavy atom. The molecule has 0 aromatic rings. The Hall–Kier alpha value is -0.300. The fraction of sp³-hybridized carbons (Fsp3) is 0.923. The molecule has 2 atom stereocenters. The molecular weight excluding hydrogens is 264 g/mol. The predicted octanol–water partition coefficient (Wildman–Crippen LogP) is 0.392. The van der Waals surface area contributed by atoms with Gasteiger partial charge in [-0.1, -0.05) is 0 Å².